The monoisotopic (exact) mass is 340 g/mol. The molecule has 1 fully saturated rings. The molecule has 0 heterocycles. The molecular weight excluding hydrogens is 312 g/mol. The highest BCUT2D eigenvalue weighted by atomic mass is 35.5. The molecule has 0 atom stereocenters. The van der Waals surface area contributed by atoms with Gasteiger partial charge >= 0.3 is 0 Å². The first-order valence-corrected chi connectivity index (χ1v) is 9.95. The van der Waals surface area contributed by atoms with Crippen LogP contribution in [0.15, 0.2) is 48.5 Å². The summed E-state index contributed by atoms with van der Waals surface area (Å²) in [6.45, 7) is 2.30. The molecule has 1 aliphatic rings. The molecule has 0 saturated heterocycles. The van der Waals surface area contributed by atoms with Crippen molar-refractivity contribution in [1.29, 1.82) is 0 Å². The molecule has 0 N–H and O–H groups in total. The molecule has 0 amide bonds. The molecule has 0 nitrogen and oxygen atoms in total. The first kappa shape index (κ1) is 17.5. The van der Waals surface area contributed by atoms with Crippen molar-refractivity contribution < 1.29 is 0 Å². The zero-order chi connectivity index (χ0) is 16.8. The minimum Gasteiger partial charge on any atom is -0.0843 e. The fraction of sp³-hybridized carbons (Fsp3) is 0.478. The smallest absolute Gasteiger partial charge is 0.0406 e. The van der Waals surface area contributed by atoms with Crippen molar-refractivity contribution >= 4 is 11.6 Å². The number of benzene rings is 2. The van der Waals surface area contributed by atoms with Crippen LogP contribution in [0.1, 0.15) is 74.5 Å². The van der Waals surface area contributed by atoms with Gasteiger partial charge in [-0.25, -0.2) is 0 Å². The predicted molar refractivity (Wildman–Crippen MR) is 105 cm³/mol. The van der Waals surface area contributed by atoms with E-state index in [1.807, 2.05) is 12.1 Å². The Hall–Kier alpha value is -1.27. The summed E-state index contributed by atoms with van der Waals surface area (Å²) in [5.74, 6) is 1.78. The fourth-order valence-electron chi connectivity index (χ4n) is 4.02. The molecule has 0 aliphatic heterocycles. The summed E-state index contributed by atoms with van der Waals surface area (Å²) in [5, 5.41) is 0.809. The summed E-state index contributed by atoms with van der Waals surface area (Å²) in [6.07, 6.45) is 10.8. The van der Waals surface area contributed by atoms with Crippen molar-refractivity contribution in [2.24, 2.45) is 5.92 Å². The van der Waals surface area contributed by atoms with Crippen LogP contribution in [0.25, 0.3) is 0 Å². The van der Waals surface area contributed by atoms with Gasteiger partial charge in [-0.05, 0) is 72.8 Å². The Kier molecular flexibility index (Phi) is 6.37. The molecule has 0 spiro atoms. The average molecular weight is 341 g/mol. The quantitative estimate of drug-likeness (QED) is 0.514. The first-order chi connectivity index (χ1) is 11.7. The molecule has 0 radical (unpaired) electrons. The Balaban J connectivity index is 1.54. The lowest BCUT2D eigenvalue weighted by Crippen LogP contribution is -2.13. The molecule has 0 unspecified atom stereocenters. The van der Waals surface area contributed by atoms with Crippen molar-refractivity contribution in [3.05, 3.63) is 70.2 Å². The van der Waals surface area contributed by atoms with Gasteiger partial charge < -0.3 is 0 Å². The maximum absolute atomic E-state index is 5.96. The normalized spacial score (nSPS) is 20.9. The van der Waals surface area contributed by atoms with Crippen molar-refractivity contribution in [2.45, 2.75) is 64.2 Å². The van der Waals surface area contributed by atoms with Gasteiger partial charge in [-0.15, -0.1) is 0 Å². The third kappa shape index (κ3) is 4.86. The van der Waals surface area contributed by atoms with E-state index in [-0.39, 0.29) is 0 Å². The molecule has 2 aromatic rings. The summed E-state index contributed by atoms with van der Waals surface area (Å²) >= 11 is 5.96. The van der Waals surface area contributed by atoms with E-state index in [1.165, 1.54) is 56.1 Å². The number of unbranched alkanes of at least 4 members (excludes halogenated alkanes) is 1. The van der Waals surface area contributed by atoms with E-state index in [1.54, 1.807) is 5.56 Å². The second-order valence-electron chi connectivity index (χ2n) is 7.40. The lowest BCUT2D eigenvalue weighted by Gasteiger charge is -2.29. The Morgan fingerprint density at radius 1 is 0.833 bits per heavy atom. The van der Waals surface area contributed by atoms with Gasteiger partial charge in [-0.1, -0.05) is 74.2 Å². The molecule has 0 bridgehead atoms. The number of halogens is 1. The molecule has 1 aliphatic carbocycles. The van der Waals surface area contributed by atoms with Gasteiger partial charge in [-0.3, -0.25) is 0 Å². The van der Waals surface area contributed by atoms with E-state index < -0.39 is 0 Å². The van der Waals surface area contributed by atoms with Crippen LogP contribution < -0.4 is 0 Å². The highest BCUT2D eigenvalue weighted by molar-refractivity contribution is 6.30. The summed E-state index contributed by atoms with van der Waals surface area (Å²) in [6, 6.07) is 17.5. The summed E-state index contributed by atoms with van der Waals surface area (Å²) in [7, 11) is 0. The molecule has 1 saturated carbocycles. The average Bonchev–Trinajstić information content (AvgIpc) is 2.63. The standard InChI is InChI=1S/C23H29Cl/c1-2-3-4-18-5-11-21(12-6-18)22-13-7-19(8-14-22)17-20-9-15-23(24)16-10-20/h7-10,13-16,18,21H,2-6,11-12,17H2,1H3. The van der Waals surface area contributed by atoms with Gasteiger partial charge in [0.2, 0.25) is 0 Å². The Morgan fingerprint density at radius 2 is 1.42 bits per heavy atom. The third-order valence-corrected chi connectivity index (χ3v) is 5.84. The van der Waals surface area contributed by atoms with Crippen molar-refractivity contribution in [3.63, 3.8) is 0 Å². The van der Waals surface area contributed by atoms with E-state index in [0.717, 1.165) is 23.3 Å². The van der Waals surface area contributed by atoms with Gasteiger partial charge in [0.25, 0.3) is 0 Å². The Morgan fingerprint density at radius 3 is 2.00 bits per heavy atom. The van der Waals surface area contributed by atoms with E-state index in [9.17, 15) is 0 Å². The fourth-order valence-corrected chi connectivity index (χ4v) is 4.15. The SMILES string of the molecule is CCCCC1CCC(c2ccc(Cc3ccc(Cl)cc3)cc2)CC1. The van der Waals surface area contributed by atoms with E-state index in [4.69, 9.17) is 11.6 Å². The zero-order valence-electron chi connectivity index (χ0n) is 14.8. The molecular formula is C23H29Cl. The zero-order valence-corrected chi connectivity index (χ0v) is 15.6. The van der Waals surface area contributed by atoms with Gasteiger partial charge in [0.15, 0.2) is 0 Å². The van der Waals surface area contributed by atoms with Crippen LogP contribution >= 0.6 is 11.6 Å². The third-order valence-electron chi connectivity index (χ3n) is 5.59. The lowest BCUT2D eigenvalue weighted by molar-refractivity contribution is 0.304. The van der Waals surface area contributed by atoms with Crippen LogP contribution in [-0.4, -0.2) is 0 Å². The topological polar surface area (TPSA) is 0 Å². The number of hydrogen-bond acceptors (Lipinski definition) is 0. The highest BCUT2D eigenvalue weighted by Gasteiger charge is 2.21. The van der Waals surface area contributed by atoms with E-state index in [0.29, 0.717) is 0 Å². The Bertz CT molecular complexity index is 603. The van der Waals surface area contributed by atoms with Gasteiger partial charge in [-0.2, -0.15) is 0 Å². The minimum absolute atomic E-state index is 0.785. The summed E-state index contributed by atoms with van der Waals surface area (Å²) in [4.78, 5) is 0. The molecule has 0 aromatic heterocycles. The Labute approximate surface area is 152 Å². The van der Waals surface area contributed by atoms with Gasteiger partial charge in [0.1, 0.15) is 0 Å². The van der Waals surface area contributed by atoms with Crippen LogP contribution in [0, 0.1) is 5.92 Å². The largest absolute Gasteiger partial charge is 0.0843 e. The summed E-state index contributed by atoms with van der Waals surface area (Å²) < 4.78 is 0. The molecule has 3 rings (SSSR count). The maximum atomic E-state index is 5.96. The number of rotatable bonds is 6. The van der Waals surface area contributed by atoms with Gasteiger partial charge in [0, 0.05) is 5.02 Å². The van der Waals surface area contributed by atoms with Crippen molar-refractivity contribution in [2.75, 3.05) is 0 Å². The minimum atomic E-state index is 0.785. The van der Waals surface area contributed by atoms with E-state index in [2.05, 4.69) is 43.3 Å². The second-order valence-corrected chi connectivity index (χ2v) is 7.84. The molecule has 2 aromatic carbocycles. The molecule has 128 valence electrons. The van der Waals surface area contributed by atoms with Crippen LogP contribution in [0.5, 0.6) is 0 Å². The second kappa shape index (κ2) is 8.72. The van der Waals surface area contributed by atoms with Crippen LogP contribution in [0.2, 0.25) is 5.02 Å². The summed E-state index contributed by atoms with van der Waals surface area (Å²) in [5.41, 5.74) is 4.25. The lowest BCUT2D eigenvalue weighted by atomic mass is 9.77. The maximum Gasteiger partial charge on any atom is 0.0406 e. The van der Waals surface area contributed by atoms with Crippen LogP contribution in [-0.2, 0) is 6.42 Å². The van der Waals surface area contributed by atoms with Crippen molar-refractivity contribution in [3.8, 4) is 0 Å². The molecule has 1 heteroatoms. The van der Waals surface area contributed by atoms with Crippen molar-refractivity contribution in [1.82, 2.24) is 0 Å². The van der Waals surface area contributed by atoms with E-state index >= 15 is 0 Å². The van der Waals surface area contributed by atoms with Crippen LogP contribution in [0.4, 0.5) is 0 Å². The highest BCUT2D eigenvalue weighted by Crippen LogP contribution is 2.37. The first-order valence-electron chi connectivity index (χ1n) is 9.58. The van der Waals surface area contributed by atoms with Crippen LogP contribution in [0.3, 0.4) is 0 Å². The predicted octanol–water partition coefficient (Wildman–Crippen LogP) is 7.39. The molecule has 24 heavy (non-hydrogen) atoms. The van der Waals surface area contributed by atoms with Gasteiger partial charge in [0.05, 0.1) is 0 Å². The number of hydrogen-bond donors (Lipinski definition) is 0.